The summed E-state index contributed by atoms with van der Waals surface area (Å²) in [7, 11) is 0. The van der Waals surface area contributed by atoms with Crippen LogP contribution in [0.4, 0.5) is 0 Å². The summed E-state index contributed by atoms with van der Waals surface area (Å²) in [5, 5.41) is 17.5. The maximum absolute atomic E-state index is 13.7. The van der Waals surface area contributed by atoms with E-state index in [1.165, 1.54) is 0 Å². The number of halogens is 1. The molecule has 0 saturated heterocycles. The Morgan fingerprint density at radius 3 is 2.47 bits per heavy atom. The molecule has 7 heteroatoms. The summed E-state index contributed by atoms with van der Waals surface area (Å²) >= 11 is 6.45. The van der Waals surface area contributed by atoms with E-state index in [0.717, 1.165) is 12.8 Å². The first-order valence-electron chi connectivity index (χ1n) is 12.7. The van der Waals surface area contributed by atoms with Gasteiger partial charge in [-0.3, -0.25) is 9.59 Å². The normalized spacial score (nSPS) is 14.9. The highest BCUT2D eigenvalue weighted by atomic mass is 35.5. The SMILES string of the molecule is CCCCNC(=O)[C@H](C)C[C@H](O)[C@H](CC(C)C)NC(=O)C1=Cc2c(Cl)cccc2Oc2ccccc21. The van der Waals surface area contributed by atoms with E-state index in [1.54, 1.807) is 25.1 Å². The van der Waals surface area contributed by atoms with Gasteiger partial charge in [-0.1, -0.05) is 70.0 Å². The first kappa shape index (κ1) is 27.8. The third-order valence-electron chi connectivity index (χ3n) is 6.32. The Balaban J connectivity index is 1.84. The molecule has 0 spiro atoms. The molecule has 3 N–H and O–H groups in total. The van der Waals surface area contributed by atoms with E-state index in [1.807, 2.05) is 44.2 Å². The monoisotopic (exact) mass is 512 g/mol. The minimum absolute atomic E-state index is 0.0825. The van der Waals surface area contributed by atoms with Crippen LogP contribution in [0.5, 0.6) is 11.5 Å². The molecule has 2 aromatic rings. The summed E-state index contributed by atoms with van der Waals surface area (Å²) in [6.45, 7) is 8.58. The number of fused-ring (bicyclic) bond motifs is 2. The first-order chi connectivity index (χ1) is 17.2. The summed E-state index contributed by atoms with van der Waals surface area (Å²) in [5.41, 5.74) is 1.67. The molecule has 36 heavy (non-hydrogen) atoms. The van der Waals surface area contributed by atoms with Crippen molar-refractivity contribution < 1.29 is 19.4 Å². The molecule has 0 radical (unpaired) electrons. The van der Waals surface area contributed by atoms with Crippen molar-refractivity contribution in [3.05, 3.63) is 58.6 Å². The van der Waals surface area contributed by atoms with Crippen molar-refractivity contribution in [3.8, 4) is 11.5 Å². The van der Waals surface area contributed by atoms with Crippen molar-refractivity contribution in [1.82, 2.24) is 10.6 Å². The standard InChI is InChI=1S/C29H37ClN2O4/c1-5-6-14-31-28(34)19(4)16-25(33)24(15-18(2)3)32-29(35)21-17-22-23(30)11-9-13-27(22)36-26-12-8-7-10-20(21)26/h7-13,17-19,24-25,33H,5-6,14-16H2,1-4H3,(H,31,34)(H,32,35)/t19-,24+,25+/m1/s1. The summed E-state index contributed by atoms with van der Waals surface area (Å²) in [5.74, 6) is 0.565. The number of para-hydroxylation sites is 1. The Kier molecular flexibility index (Phi) is 9.97. The third-order valence-corrected chi connectivity index (χ3v) is 6.65. The van der Waals surface area contributed by atoms with Crippen LogP contribution in [-0.2, 0) is 9.59 Å². The fraction of sp³-hybridized carbons (Fsp3) is 0.448. The predicted molar refractivity (Wildman–Crippen MR) is 145 cm³/mol. The number of amides is 2. The molecule has 0 saturated carbocycles. The van der Waals surface area contributed by atoms with E-state index in [4.69, 9.17) is 16.3 Å². The minimum atomic E-state index is -0.878. The van der Waals surface area contributed by atoms with Crippen molar-refractivity contribution >= 4 is 35.1 Å². The molecule has 0 fully saturated rings. The van der Waals surface area contributed by atoms with Crippen LogP contribution in [0.25, 0.3) is 11.6 Å². The van der Waals surface area contributed by atoms with Gasteiger partial charge in [-0.2, -0.15) is 0 Å². The molecular formula is C29H37ClN2O4. The summed E-state index contributed by atoms with van der Waals surface area (Å²) < 4.78 is 6.09. The van der Waals surface area contributed by atoms with Gasteiger partial charge >= 0.3 is 0 Å². The van der Waals surface area contributed by atoms with Crippen LogP contribution < -0.4 is 15.4 Å². The molecule has 6 nitrogen and oxygen atoms in total. The van der Waals surface area contributed by atoms with Crippen LogP contribution >= 0.6 is 11.6 Å². The molecule has 1 heterocycles. The number of hydrogen-bond acceptors (Lipinski definition) is 4. The smallest absolute Gasteiger partial charge is 0.252 e. The minimum Gasteiger partial charge on any atom is -0.456 e. The van der Waals surface area contributed by atoms with Gasteiger partial charge in [0.2, 0.25) is 5.91 Å². The number of aliphatic hydroxyl groups is 1. The first-order valence-corrected chi connectivity index (χ1v) is 13.1. The van der Waals surface area contributed by atoms with Crippen LogP contribution in [0, 0.1) is 11.8 Å². The molecule has 0 bridgehead atoms. The summed E-state index contributed by atoms with van der Waals surface area (Å²) in [6.07, 6.45) is 3.60. The number of nitrogens with one attached hydrogen (secondary N) is 2. The lowest BCUT2D eigenvalue weighted by Gasteiger charge is -2.28. The highest BCUT2D eigenvalue weighted by Crippen LogP contribution is 2.40. The van der Waals surface area contributed by atoms with E-state index < -0.39 is 12.1 Å². The second-order valence-electron chi connectivity index (χ2n) is 9.87. The third kappa shape index (κ3) is 7.11. The van der Waals surface area contributed by atoms with E-state index in [-0.39, 0.29) is 30.1 Å². The molecule has 0 unspecified atom stereocenters. The van der Waals surface area contributed by atoms with E-state index in [2.05, 4.69) is 17.6 Å². The second-order valence-corrected chi connectivity index (χ2v) is 10.3. The highest BCUT2D eigenvalue weighted by Gasteiger charge is 2.29. The van der Waals surface area contributed by atoms with Crippen LogP contribution in [0.15, 0.2) is 42.5 Å². The summed E-state index contributed by atoms with van der Waals surface area (Å²) in [6, 6.07) is 12.2. The fourth-order valence-corrected chi connectivity index (χ4v) is 4.54. The van der Waals surface area contributed by atoms with Gasteiger partial charge in [-0.25, -0.2) is 0 Å². The van der Waals surface area contributed by atoms with Gasteiger partial charge in [0.1, 0.15) is 11.5 Å². The van der Waals surface area contributed by atoms with Crippen LogP contribution in [0.3, 0.4) is 0 Å². The lowest BCUT2D eigenvalue weighted by molar-refractivity contribution is -0.125. The van der Waals surface area contributed by atoms with Crippen LogP contribution in [0.1, 0.15) is 64.5 Å². The quantitative estimate of drug-likeness (QED) is 0.331. The molecular weight excluding hydrogens is 476 g/mol. The van der Waals surface area contributed by atoms with Gasteiger partial charge in [0.15, 0.2) is 0 Å². The number of ether oxygens (including phenoxy) is 1. The molecule has 194 valence electrons. The molecule has 1 aliphatic rings. The molecule has 0 aliphatic carbocycles. The highest BCUT2D eigenvalue weighted by molar-refractivity contribution is 6.34. The molecule has 2 aromatic carbocycles. The Morgan fingerprint density at radius 1 is 1.03 bits per heavy atom. The zero-order valence-electron chi connectivity index (χ0n) is 21.5. The number of carbonyl (C=O) groups excluding carboxylic acids is 2. The lowest BCUT2D eigenvalue weighted by atomic mass is 9.91. The number of rotatable bonds is 11. The summed E-state index contributed by atoms with van der Waals surface area (Å²) in [4.78, 5) is 26.1. The Morgan fingerprint density at radius 2 is 1.75 bits per heavy atom. The number of carbonyl (C=O) groups is 2. The molecule has 0 aromatic heterocycles. The van der Waals surface area contributed by atoms with Crippen molar-refractivity contribution in [2.24, 2.45) is 11.8 Å². The van der Waals surface area contributed by atoms with Crippen molar-refractivity contribution in [1.29, 1.82) is 0 Å². The maximum atomic E-state index is 13.7. The van der Waals surface area contributed by atoms with Crippen molar-refractivity contribution in [3.63, 3.8) is 0 Å². The topological polar surface area (TPSA) is 87.7 Å². The zero-order chi connectivity index (χ0) is 26.2. The number of aliphatic hydroxyl groups excluding tert-OH is 1. The van der Waals surface area contributed by atoms with Gasteiger partial charge in [-0.15, -0.1) is 0 Å². The average Bonchev–Trinajstić information content (AvgIpc) is 3.01. The molecule has 3 atom stereocenters. The molecule has 3 rings (SSSR count). The van der Waals surface area contributed by atoms with Crippen molar-refractivity contribution in [2.45, 2.75) is 65.5 Å². The second kappa shape index (κ2) is 12.9. The molecule has 1 aliphatic heterocycles. The van der Waals surface area contributed by atoms with Crippen LogP contribution in [-0.4, -0.2) is 35.6 Å². The van der Waals surface area contributed by atoms with Gasteiger partial charge in [0.05, 0.1) is 22.7 Å². The largest absolute Gasteiger partial charge is 0.456 e. The van der Waals surface area contributed by atoms with Crippen LogP contribution in [0.2, 0.25) is 5.02 Å². The average molecular weight is 513 g/mol. The molecule has 2 amide bonds. The number of hydrogen-bond donors (Lipinski definition) is 3. The zero-order valence-corrected chi connectivity index (χ0v) is 22.3. The Hall–Kier alpha value is -2.83. The van der Waals surface area contributed by atoms with Gasteiger partial charge < -0.3 is 20.5 Å². The number of unbranched alkanes of at least 4 members (excludes halogenated alkanes) is 1. The van der Waals surface area contributed by atoms with E-state index in [9.17, 15) is 14.7 Å². The number of benzene rings is 2. The predicted octanol–water partition coefficient (Wildman–Crippen LogP) is 5.82. The van der Waals surface area contributed by atoms with Crippen molar-refractivity contribution in [2.75, 3.05) is 6.54 Å². The van der Waals surface area contributed by atoms with E-state index in [0.29, 0.717) is 46.2 Å². The van der Waals surface area contributed by atoms with Gasteiger partial charge in [-0.05, 0) is 49.5 Å². The lowest BCUT2D eigenvalue weighted by Crippen LogP contribution is -2.46. The fourth-order valence-electron chi connectivity index (χ4n) is 4.32. The van der Waals surface area contributed by atoms with Gasteiger partial charge in [0.25, 0.3) is 5.91 Å². The Labute approximate surface area is 219 Å². The van der Waals surface area contributed by atoms with Gasteiger partial charge in [0, 0.05) is 23.6 Å². The van der Waals surface area contributed by atoms with E-state index >= 15 is 0 Å². The Bertz CT molecular complexity index is 1100. The maximum Gasteiger partial charge on any atom is 0.252 e.